The Kier molecular flexibility index (Phi) is 6.32. The second-order valence-corrected chi connectivity index (χ2v) is 6.23. The molecule has 29 heavy (non-hydrogen) atoms. The maximum absolute atomic E-state index is 11.9. The fraction of sp³-hybridized carbons (Fsp3) is 0.0909. The molecule has 0 saturated heterocycles. The van der Waals surface area contributed by atoms with E-state index in [9.17, 15) is 14.4 Å². The Labute approximate surface area is 167 Å². The average molecular weight is 389 g/mol. The molecule has 0 unspecified atom stereocenters. The van der Waals surface area contributed by atoms with Crippen LogP contribution in [-0.4, -0.2) is 29.4 Å². The quantitative estimate of drug-likeness (QED) is 0.397. The lowest BCUT2D eigenvalue weighted by Gasteiger charge is -2.07. The predicted molar refractivity (Wildman–Crippen MR) is 109 cm³/mol. The van der Waals surface area contributed by atoms with Crippen LogP contribution in [0.25, 0.3) is 17.0 Å². The molecule has 0 spiro atoms. The molecule has 2 N–H and O–H groups in total. The van der Waals surface area contributed by atoms with E-state index >= 15 is 0 Å². The van der Waals surface area contributed by atoms with Gasteiger partial charge in [-0.3, -0.25) is 25.4 Å². The Bertz CT molecular complexity index is 1070. The fourth-order valence-corrected chi connectivity index (χ4v) is 2.54. The number of ether oxygens (including phenoxy) is 1. The summed E-state index contributed by atoms with van der Waals surface area (Å²) in [4.78, 5) is 39.8. The van der Waals surface area contributed by atoms with Gasteiger partial charge in [0.05, 0.1) is 5.52 Å². The van der Waals surface area contributed by atoms with E-state index in [0.717, 1.165) is 22.0 Å². The van der Waals surface area contributed by atoms with Gasteiger partial charge < -0.3 is 4.74 Å². The summed E-state index contributed by atoms with van der Waals surface area (Å²) in [5, 5.41) is 0.951. The summed E-state index contributed by atoms with van der Waals surface area (Å²) in [7, 11) is 0. The van der Waals surface area contributed by atoms with Gasteiger partial charge in [0, 0.05) is 28.8 Å². The Morgan fingerprint density at radius 2 is 1.76 bits per heavy atom. The van der Waals surface area contributed by atoms with Gasteiger partial charge in [-0.25, -0.2) is 4.79 Å². The van der Waals surface area contributed by atoms with Crippen LogP contribution < -0.4 is 10.9 Å². The molecule has 7 heteroatoms. The third kappa shape index (κ3) is 5.49. The predicted octanol–water partition coefficient (Wildman–Crippen LogP) is 2.56. The number of benzene rings is 2. The van der Waals surface area contributed by atoms with Gasteiger partial charge in [-0.1, -0.05) is 42.0 Å². The third-order valence-electron chi connectivity index (χ3n) is 4.04. The Morgan fingerprint density at radius 3 is 2.55 bits per heavy atom. The number of pyridine rings is 1. The van der Waals surface area contributed by atoms with Crippen molar-refractivity contribution in [3.63, 3.8) is 0 Å². The SMILES string of the molecule is Cc1ccc(C(=O)NNC(=O)COC(=O)/C=C/c2cccc3cccnc23)cc1. The molecule has 0 fully saturated rings. The first-order chi connectivity index (χ1) is 14.0. The van der Waals surface area contributed by atoms with Crippen molar-refractivity contribution in [1.82, 2.24) is 15.8 Å². The molecule has 146 valence electrons. The highest BCUT2D eigenvalue weighted by atomic mass is 16.5. The number of hydrogen-bond donors (Lipinski definition) is 2. The van der Waals surface area contributed by atoms with E-state index in [0.29, 0.717) is 5.56 Å². The van der Waals surface area contributed by atoms with E-state index in [2.05, 4.69) is 15.8 Å². The summed E-state index contributed by atoms with van der Waals surface area (Å²) in [6, 6.07) is 16.2. The Hall–Kier alpha value is -4.00. The summed E-state index contributed by atoms with van der Waals surface area (Å²) in [5.74, 6) is -1.80. The van der Waals surface area contributed by atoms with E-state index in [-0.39, 0.29) is 0 Å². The number of aromatic nitrogens is 1. The maximum atomic E-state index is 11.9. The summed E-state index contributed by atoms with van der Waals surface area (Å²) in [6.45, 7) is 1.38. The van der Waals surface area contributed by atoms with Gasteiger partial charge in [-0.2, -0.15) is 0 Å². The zero-order valence-electron chi connectivity index (χ0n) is 15.7. The van der Waals surface area contributed by atoms with Crippen LogP contribution in [0.5, 0.6) is 0 Å². The van der Waals surface area contributed by atoms with Gasteiger partial charge in [0.2, 0.25) is 0 Å². The molecule has 2 aromatic carbocycles. The number of carbonyl (C=O) groups is 3. The zero-order chi connectivity index (χ0) is 20.6. The number of amides is 2. The van der Waals surface area contributed by atoms with Gasteiger partial charge in [0.25, 0.3) is 11.8 Å². The van der Waals surface area contributed by atoms with Crippen LogP contribution in [0.2, 0.25) is 0 Å². The van der Waals surface area contributed by atoms with Crippen molar-refractivity contribution in [2.45, 2.75) is 6.92 Å². The fourth-order valence-electron chi connectivity index (χ4n) is 2.54. The smallest absolute Gasteiger partial charge is 0.331 e. The van der Waals surface area contributed by atoms with Crippen molar-refractivity contribution in [2.24, 2.45) is 0 Å². The number of aryl methyl sites for hydroxylation is 1. The lowest BCUT2D eigenvalue weighted by atomic mass is 10.1. The number of fused-ring (bicyclic) bond motifs is 1. The van der Waals surface area contributed by atoms with Crippen LogP contribution in [-0.2, 0) is 14.3 Å². The van der Waals surface area contributed by atoms with Crippen molar-refractivity contribution < 1.29 is 19.1 Å². The van der Waals surface area contributed by atoms with Crippen LogP contribution in [0.3, 0.4) is 0 Å². The highest BCUT2D eigenvalue weighted by molar-refractivity contribution is 5.96. The number of nitrogens with zero attached hydrogens (tertiary/aromatic N) is 1. The molecule has 3 aromatic rings. The molecule has 2 amide bonds. The first-order valence-electron chi connectivity index (χ1n) is 8.87. The van der Waals surface area contributed by atoms with Crippen LogP contribution in [0.4, 0.5) is 0 Å². The molecule has 0 saturated carbocycles. The number of hydrazine groups is 1. The van der Waals surface area contributed by atoms with Crippen molar-refractivity contribution in [3.05, 3.63) is 83.6 Å². The standard InChI is InChI=1S/C22H19N3O4/c1-15-7-9-18(10-8-15)22(28)25-24-19(26)14-29-20(27)12-11-17-5-2-4-16-6-3-13-23-21(16)17/h2-13H,14H2,1H3,(H,24,26)(H,25,28)/b12-11+. The largest absolute Gasteiger partial charge is 0.452 e. The molecule has 1 aromatic heterocycles. The zero-order valence-corrected chi connectivity index (χ0v) is 15.7. The molecule has 7 nitrogen and oxygen atoms in total. The molecule has 0 aliphatic carbocycles. The van der Waals surface area contributed by atoms with Crippen molar-refractivity contribution in [1.29, 1.82) is 0 Å². The van der Waals surface area contributed by atoms with Gasteiger partial charge >= 0.3 is 5.97 Å². The van der Waals surface area contributed by atoms with Crippen LogP contribution in [0, 0.1) is 6.92 Å². The molecule has 0 aliphatic rings. The minimum atomic E-state index is -0.682. The molecular weight excluding hydrogens is 370 g/mol. The second kappa shape index (κ2) is 9.27. The second-order valence-electron chi connectivity index (χ2n) is 6.23. The number of nitrogens with one attached hydrogen (secondary N) is 2. The maximum Gasteiger partial charge on any atom is 0.331 e. The average Bonchev–Trinajstić information content (AvgIpc) is 2.75. The van der Waals surface area contributed by atoms with Gasteiger partial charge in [0.15, 0.2) is 6.61 Å². The third-order valence-corrected chi connectivity index (χ3v) is 4.04. The molecule has 0 aliphatic heterocycles. The van der Waals surface area contributed by atoms with E-state index in [4.69, 9.17) is 4.74 Å². The number of rotatable bonds is 5. The molecule has 1 heterocycles. The Morgan fingerprint density at radius 1 is 1.00 bits per heavy atom. The lowest BCUT2D eigenvalue weighted by molar-refractivity contribution is -0.144. The van der Waals surface area contributed by atoms with Gasteiger partial charge in [-0.15, -0.1) is 0 Å². The summed E-state index contributed by atoms with van der Waals surface area (Å²) in [6.07, 6.45) is 4.48. The molecular formula is C22H19N3O4. The Balaban J connectivity index is 1.47. The van der Waals surface area contributed by atoms with Crippen LogP contribution >= 0.6 is 0 Å². The minimum absolute atomic E-state index is 0.402. The normalized spacial score (nSPS) is 10.7. The molecule has 0 radical (unpaired) electrons. The summed E-state index contributed by atoms with van der Waals surface area (Å²) in [5.41, 5.74) is 7.40. The minimum Gasteiger partial charge on any atom is -0.452 e. The van der Waals surface area contributed by atoms with Gasteiger partial charge in [-0.05, 0) is 31.2 Å². The van der Waals surface area contributed by atoms with E-state index in [1.54, 1.807) is 36.5 Å². The van der Waals surface area contributed by atoms with Crippen molar-refractivity contribution in [3.8, 4) is 0 Å². The highest BCUT2D eigenvalue weighted by Crippen LogP contribution is 2.17. The van der Waals surface area contributed by atoms with Crippen molar-refractivity contribution in [2.75, 3.05) is 6.61 Å². The first kappa shape index (κ1) is 19.8. The van der Waals surface area contributed by atoms with E-state index < -0.39 is 24.4 Å². The molecule has 0 atom stereocenters. The molecule has 3 rings (SSSR count). The van der Waals surface area contributed by atoms with Crippen molar-refractivity contribution >= 4 is 34.8 Å². The number of carbonyl (C=O) groups excluding carboxylic acids is 3. The number of esters is 1. The first-order valence-corrected chi connectivity index (χ1v) is 8.87. The van der Waals surface area contributed by atoms with Crippen LogP contribution in [0.1, 0.15) is 21.5 Å². The van der Waals surface area contributed by atoms with E-state index in [1.807, 2.05) is 37.3 Å². The lowest BCUT2D eigenvalue weighted by Crippen LogP contribution is -2.43. The summed E-state index contributed by atoms with van der Waals surface area (Å²) >= 11 is 0. The topological polar surface area (TPSA) is 97.4 Å². The monoisotopic (exact) mass is 389 g/mol. The van der Waals surface area contributed by atoms with Gasteiger partial charge in [0.1, 0.15) is 0 Å². The summed E-state index contributed by atoms with van der Waals surface area (Å²) < 4.78 is 4.88. The number of para-hydroxylation sites is 1. The highest BCUT2D eigenvalue weighted by Gasteiger charge is 2.09. The molecule has 0 bridgehead atoms. The van der Waals surface area contributed by atoms with Crippen LogP contribution in [0.15, 0.2) is 66.9 Å². The van der Waals surface area contributed by atoms with E-state index in [1.165, 1.54) is 6.08 Å². The number of hydrogen-bond acceptors (Lipinski definition) is 5.